The van der Waals surface area contributed by atoms with Gasteiger partial charge in [-0.3, -0.25) is 10.1 Å². The third kappa shape index (κ3) is 2.25. The van der Waals surface area contributed by atoms with Crippen LogP contribution < -0.4 is 4.90 Å². The van der Waals surface area contributed by atoms with E-state index in [1.54, 1.807) is 18.2 Å². The number of para-hydroxylation sites is 4. The third-order valence-electron chi connectivity index (χ3n) is 4.12. The van der Waals surface area contributed by atoms with Gasteiger partial charge in [0.05, 0.1) is 16.3 Å². The Hall–Kier alpha value is -3.40. The Morgan fingerprint density at radius 3 is 1.67 bits per heavy atom. The minimum atomic E-state index is -0.334. The molecule has 24 heavy (non-hydrogen) atoms. The van der Waals surface area contributed by atoms with Crippen LogP contribution in [0.3, 0.4) is 0 Å². The Kier molecular flexibility index (Phi) is 3.35. The van der Waals surface area contributed by atoms with Crippen molar-refractivity contribution in [2.75, 3.05) is 4.90 Å². The molecule has 3 aromatic carbocycles. The predicted octanol–water partition coefficient (Wildman–Crippen LogP) is 5.55. The molecule has 4 heteroatoms. The second kappa shape index (κ2) is 5.66. The standard InChI is InChI=1S/C20H14N2O2/c23-22(24)20-12-6-5-11-19(20)21-17-9-3-1-7-15(17)13-14-16-8-2-4-10-18(16)21/h1-14H. The first-order valence-corrected chi connectivity index (χ1v) is 7.65. The van der Waals surface area contributed by atoms with Gasteiger partial charge >= 0.3 is 0 Å². The van der Waals surface area contributed by atoms with Crippen LogP contribution in [0.15, 0.2) is 72.8 Å². The number of fused-ring (bicyclic) bond motifs is 2. The van der Waals surface area contributed by atoms with Gasteiger partial charge in [-0.15, -0.1) is 0 Å². The van der Waals surface area contributed by atoms with E-state index in [9.17, 15) is 10.1 Å². The maximum Gasteiger partial charge on any atom is 0.293 e. The molecule has 1 aliphatic heterocycles. The van der Waals surface area contributed by atoms with Crippen molar-refractivity contribution in [1.29, 1.82) is 0 Å². The van der Waals surface area contributed by atoms with E-state index in [-0.39, 0.29) is 10.6 Å². The fourth-order valence-corrected chi connectivity index (χ4v) is 3.04. The van der Waals surface area contributed by atoms with E-state index in [1.165, 1.54) is 0 Å². The smallest absolute Gasteiger partial charge is 0.293 e. The van der Waals surface area contributed by atoms with Crippen LogP contribution in [0.4, 0.5) is 22.7 Å². The largest absolute Gasteiger partial charge is 0.303 e. The summed E-state index contributed by atoms with van der Waals surface area (Å²) in [4.78, 5) is 13.2. The highest BCUT2D eigenvalue weighted by Gasteiger charge is 2.25. The number of hydrogen-bond donors (Lipinski definition) is 0. The van der Waals surface area contributed by atoms with Crippen molar-refractivity contribution in [3.05, 3.63) is 94.0 Å². The molecule has 3 aromatic rings. The second-order valence-corrected chi connectivity index (χ2v) is 5.53. The van der Waals surface area contributed by atoms with Crippen molar-refractivity contribution in [3.8, 4) is 0 Å². The van der Waals surface area contributed by atoms with E-state index in [4.69, 9.17) is 0 Å². The van der Waals surface area contributed by atoms with Crippen molar-refractivity contribution in [2.24, 2.45) is 0 Å². The van der Waals surface area contributed by atoms with Crippen molar-refractivity contribution < 1.29 is 4.92 Å². The van der Waals surface area contributed by atoms with Crippen LogP contribution in [-0.2, 0) is 0 Å². The van der Waals surface area contributed by atoms with E-state index < -0.39 is 0 Å². The molecule has 4 nitrogen and oxygen atoms in total. The molecule has 0 fully saturated rings. The fraction of sp³-hybridized carbons (Fsp3) is 0. The van der Waals surface area contributed by atoms with E-state index >= 15 is 0 Å². The summed E-state index contributed by atoms with van der Waals surface area (Å²) in [7, 11) is 0. The molecule has 1 heterocycles. The van der Waals surface area contributed by atoms with Crippen LogP contribution in [0.25, 0.3) is 12.2 Å². The number of nitro groups is 1. The zero-order valence-electron chi connectivity index (χ0n) is 12.8. The van der Waals surface area contributed by atoms with Gasteiger partial charge < -0.3 is 4.90 Å². The lowest BCUT2D eigenvalue weighted by Gasteiger charge is -2.26. The summed E-state index contributed by atoms with van der Waals surface area (Å²) in [6, 6.07) is 22.7. The zero-order valence-corrected chi connectivity index (χ0v) is 12.8. The van der Waals surface area contributed by atoms with Gasteiger partial charge in [0.15, 0.2) is 0 Å². The summed E-state index contributed by atoms with van der Waals surface area (Å²) in [5.41, 5.74) is 4.54. The first-order valence-electron chi connectivity index (χ1n) is 7.65. The molecule has 0 aliphatic carbocycles. The van der Waals surface area contributed by atoms with E-state index in [0.29, 0.717) is 5.69 Å². The lowest BCUT2D eigenvalue weighted by Crippen LogP contribution is -2.13. The van der Waals surface area contributed by atoms with Gasteiger partial charge in [0.1, 0.15) is 5.69 Å². The highest BCUT2D eigenvalue weighted by Crippen LogP contribution is 2.44. The lowest BCUT2D eigenvalue weighted by atomic mass is 10.1. The van der Waals surface area contributed by atoms with Crippen LogP contribution in [0.1, 0.15) is 11.1 Å². The molecular weight excluding hydrogens is 300 g/mol. The first-order chi connectivity index (χ1) is 11.8. The molecule has 0 atom stereocenters. The van der Waals surface area contributed by atoms with Crippen LogP contribution in [0.5, 0.6) is 0 Å². The molecule has 0 bridgehead atoms. The van der Waals surface area contributed by atoms with Crippen LogP contribution in [0, 0.1) is 10.1 Å². The molecule has 4 rings (SSSR count). The summed E-state index contributed by atoms with van der Waals surface area (Å²) in [5, 5.41) is 11.5. The Bertz CT molecular complexity index is 914. The molecule has 0 radical (unpaired) electrons. The quantitative estimate of drug-likeness (QED) is 0.360. The molecule has 0 saturated carbocycles. The Labute approximate surface area is 139 Å². The number of nitrogens with zero attached hydrogens (tertiary/aromatic N) is 2. The summed E-state index contributed by atoms with van der Waals surface area (Å²) >= 11 is 0. The first kappa shape index (κ1) is 14.2. The summed E-state index contributed by atoms with van der Waals surface area (Å²) in [6.07, 6.45) is 4.09. The summed E-state index contributed by atoms with van der Waals surface area (Å²) < 4.78 is 0. The highest BCUT2D eigenvalue weighted by molar-refractivity contribution is 5.94. The van der Waals surface area contributed by atoms with Crippen LogP contribution in [0.2, 0.25) is 0 Å². The fourth-order valence-electron chi connectivity index (χ4n) is 3.04. The SMILES string of the molecule is O=[N+]([O-])c1ccccc1N1c2ccccc2C=Cc2ccccc21. The molecule has 0 saturated heterocycles. The highest BCUT2D eigenvalue weighted by atomic mass is 16.6. The number of benzene rings is 3. The van der Waals surface area contributed by atoms with Crippen molar-refractivity contribution >= 4 is 34.9 Å². The van der Waals surface area contributed by atoms with Gasteiger partial charge in [-0.2, -0.15) is 0 Å². The van der Waals surface area contributed by atoms with Gasteiger partial charge in [0.2, 0.25) is 0 Å². The van der Waals surface area contributed by atoms with Gasteiger partial charge in [-0.05, 0) is 29.3 Å². The van der Waals surface area contributed by atoms with Gasteiger partial charge in [-0.1, -0.05) is 60.7 Å². The molecule has 0 aromatic heterocycles. The van der Waals surface area contributed by atoms with E-state index in [0.717, 1.165) is 22.5 Å². The average Bonchev–Trinajstić information content (AvgIpc) is 2.78. The third-order valence-corrected chi connectivity index (χ3v) is 4.12. The Morgan fingerprint density at radius 1 is 0.667 bits per heavy atom. The molecule has 0 amide bonds. The van der Waals surface area contributed by atoms with Crippen molar-refractivity contribution in [2.45, 2.75) is 0 Å². The molecule has 0 unspecified atom stereocenters. The zero-order chi connectivity index (χ0) is 16.5. The minimum Gasteiger partial charge on any atom is -0.303 e. The predicted molar refractivity (Wildman–Crippen MR) is 96.7 cm³/mol. The monoisotopic (exact) mass is 314 g/mol. The maximum atomic E-state index is 11.5. The Morgan fingerprint density at radius 2 is 1.12 bits per heavy atom. The molecule has 116 valence electrons. The van der Waals surface area contributed by atoms with Crippen LogP contribution in [-0.4, -0.2) is 4.92 Å². The van der Waals surface area contributed by atoms with Crippen molar-refractivity contribution in [1.82, 2.24) is 0 Å². The topological polar surface area (TPSA) is 46.4 Å². The van der Waals surface area contributed by atoms with E-state index in [1.807, 2.05) is 71.6 Å². The number of anilines is 3. The number of nitro benzene ring substituents is 1. The number of rotatable bonds is 2. The Balaban J connectivity index is 2.05. The maximum absolute atomic E-state index is 11.5. The minimum absolute atomic E-state index is 0.0870. The molecule has 0 N–H and O–H groups in total. The van der Waals surface area contributed by atoms with Crippen LogP contribution >= 0.6 is 0 Å². The average molecular weight is 314 g/mol. The van der Waals surface area contributed by atoms with Gasteiger partial charge in [0, 0.05) is 6.07 Å². The normalized spacial score (nSPS) is 12.2. The van der Waals surface area contributed by atoms with E-state index in [2.05, 4.69) is 0 Å². The van der Waals surface area contributed by atoms with Gasteiger partial charge in [0.25, 0.3) is 5.69 Å². The molecule has 1 aliphatic rings. The van der Waals surface area contributed by atoms with Crippen molar-refractivity contribution in [3.63, 3.8) is 0 Å². The lowest BCUT2D eigenvalue weighted by molar-refractivity contribution is -0.384. The molecule has 0 spiro atoms. The molecular formula is C20H14N2O2. The summed E-state index contributed by atoms with van der Waals surface area (Å²) in [6.45, 7) is 0. The second-order valence-electron chi connectivity index (χ2n) is 5.53. The number of hydrogen-bond acceptors (Lipinski definition) is 3. The summed E-state index contributed by atoms with van der Waals surface area (Å²) in [5.74, 6) is 0. The van der Waals surface area contributed by atoms with Gasteiger partial charge in [-0.25, -0.2) is 0 Å².